The standard InChI is InChI=1S/C31H24F3N3O6S2/c1-42-19-12-10-17(11-13-19)35-22(38)15-36-29-26(45-30(36)41)23(20-8-3-4-9-21(20)43-2)24-25(44-29)28(40)37(27(24)39)18-7-5-6-16(14-18)31(32,33)34/h3-14,23-25H,15H2,1-2H3,(H,35,38). The van der Waals surface area contributed by atoms with Crippen molar-refractivity contribution in [1.82, 2.24) is 4.57 Å². The molecule has 0 bridgehead atoms. The summed E-state index contributed by atoms with van der Waals surface area (Å²) in [6.07, 6.45) is -4.68. The van der Waals surface area contributed by atoms with Gasteiger partial charge in [0.1, 0.15) is 23.3 Å². The molecule has 0 aliphatic carbocycles. The first-order valence-electron chi connectivity index (χ1n) is 13.5. The number of methoxy groups -OCH3 is 2. The summed E-state index contributed by atoms with van der Waals surface area (Å²) in [4.78, 5) is 55.1. The van der Waals surface area contributed by atoms with E-state index >= 15 is 0 Å². The highest BCUT2D eigenvalue weighted by Gasteiger charge is 2.57. The lowest BCUT2D eigenvalue weighted by atomic mass is 9.82. The van der Waals surface area contributed by atoms with Gasteiger partial charge in [0.2, 0.25) is 17.7 Å². The quantitative estimate of drug-likeness (QED) is 0.267. The number of hydrogen-bond acceptors (Lipinski definition) is 8. The number of nitrogens with zero attached hydrogens (tertiary/aromatic N) is 2. The molecule has 14 heteroatoms. The van der Waals surface area contributed by atoms with E-state index in [1.807, 2.05) is 0 Å². The number of rotatable bonds is 7. The molecule has 0 radical (unpaired) electrons. The van der Waals surface area contributed by atoms with Gasteiger partial charge in [-0.15, -0.1) is 0 Å². The van der Waals surface area contributed by atoms with E-state index in [1.165, 1.54) is 24.9 Å². The van der Waals surface area contributed by atoms with Crippen molar-refractivity contribution in [3.63, 3.8) is 0 Å². The van der Waals surface area contributed by atoms with Crippen molar-refractivity contribution in [2.24, 2.45) is 5.92 Å². The summed E-state index contributed by atoms with van der Waals surface area (Å²) in [6.45, 7) is -0.376. The molecule has 3 amide bonds. The molecule has 232 valence electrons. The normalized spacial score (nSPS) is 19.2. The first-order valence-corrected chi connectivity index (χ1v) is 15.2. The number of fused-ring (bicyclic) bond motifs is 2. The Bertz CT molecular complexity index is 1870. The van der Waals surface area contributed by atoms with E-state index in [0.717, 1.165) is 46.2 Å². The Hall–Kier alpha value is -4.56. The summed E-state index contributed by atoms with van der Waals surface area (Å²) in [5.41, 5.74) is -0.195. The van der Waals surface area contributed by atoms with Gasteiger partial charge in [0.05, 0.1) is 36.4 Å². The average Bonchev–Trinajstić information content (AvgIpc) is 3.47. The smallest absolute Gasteiger partial charge is 0.416 e. The Morgan fingerprint density at radius 1 is 0.933 bits per heavy atom. The molecule has 3 atom stereocenters. The van der Waals surface area contributed by atoms with Gasteiger partial charge >= 0.3 is 11.0 Å². The fraction of sp³-hybridized carbons (Fsp3) is 0.226. The van der Waals surface area contributed by atoms with Crippen molar-refractivity contribution in [2.75, 3.05) is 24.4 Å². The first-order chi connectivity index (χ1) is 21.5. The highest BCUT2D eigenvalue weighted by Crippen LogP contribution is 2.55. The van der Waals surface area contributed by atoms with Crippen LogP contribution in [-0.2, 0) is 27.1 Å². The van der Waals surface area contributed by atoms with Crippen molar-refractivity contribution >= 4 is 52.2 Å². The van der Waals surface area contributed by atoms with E-state index < -0.39 is 51.4 Å². The Morgan fingerprint density at radius 2 is 1.67 bits per heavy atom. The lowest BCUT2D eigenvalue weighted by molar-refractivity contribution is -0.137. The molecular weight excluding hydrogens is 631 g/mol. The van der Waals surface area contributed by atoms with Gasteiger partial charge in [-0.05, 0) is 48.5 Å². The average molecular weight is 656 g/mol. The molecular formula is C31H24F3N3O6S2. The Kier molecular flexibility index (Phi) is 7.95. The van der Waals surface area contributed by atoms with E-state index in [2.05, 4.69) is 5.32 Å². The fourth-order valence-electron chi connectivity index (χ4n) is 5.61. The molecule has 1 fully saturated rings. The van der Waals surface area contributed by atoms with E-state index in [-0.39, 0.29) is 12.2 Å². The second-order valence-corrected chi connectivity index (χ2v) is 12.4. The molecule has 1 saturated heterocycles. The van der Waals surface area contributed by atoms with Crippen molar-refractivity contribution in [3.05, 3.63) is 98.5 Å². The number of thioether (sulfide) groups is 1. The zero-order valence-corrected chi connectivity index (χ0v) is 25.3. The van der Waals surface area contributed by atoms with E-state index in [1.54, 1.807) is 48.5 Å². The maximum absolute atomic E-state index is 14.0. The highest BCUT2D eigenvalue weighted by atomic mass is 32.2. The molecule has 0 spiro atoms. The minimum atomic E-state index is -4.68. The Balaban J connectivity index is 1.41. The van der Waals surface area contributed by atoms with E-state index in [9.17, 15) is 32.3 Å². The van der Waals surface area contributed by atoms with Gasteiger partial charge in [-0.2, -0.15) is 13.2 Å². The number of hydrogen-bond donors (Lipinski definition) is 1. The Labute approximate surface area is 262 Å². The summed E-state index contributed by atoms with van der Waals surface area (Å²) in [5.74, 6) is -2.81. The SMILES string of the molecule is COc1ccc(NC(=O)Cn2c3c(sc2=O)C(c2ccccc2OC)C2C(=O)N(c4cccc(C(F)(F)F)c4)C(=O)C2S3)cc1. The van der Waals surface area contributed by atoms with Gasteiger partial charge in [0.25, 0.3) is 0 Å². The second kappa shape index (κ2) is 11.7. The molecule has 4 aromatic rings. The summed E-state index contributed by atoms with van der Waals surface area (Å²) in [6, 6.07) is 17.5. The lowest BCUT2D eigenvalue weighted by Gasteiger charge is -2.31. The summed E-state index contributed by atoms with van der Waals surface area (Å²) in [7, 11) is 2.96. The van der Waals surface area contributed by atoms with Crippen LogP contribution >= 0.6 is 23.1 Å². The predicted molar refractivity (Wildman–Crippen MR) is 162 cm³/mol. The number of carbonyl (C=O) groups is 3. The number of thiazole rings is 1. The maximum Gasteiger partial charge on any atom is 0.416 e. The van der Waals surface area contributed by atoms with Crippen LogP contribution in [0.3, 0.4) is 0 Å². The van der Waals surface area contributed by atoms with Gasteiger partial charge in [0, 0.05) is 22.0 Å². The van der Waals surface area contributed by atoms with Crippen molar-refractivity contribution in [1.29, 1.82) is 0 Å². The topological polar surface area (TPSA) is 107 Å². The van der Waals surface area contributed by atoms with Gasteiger partial charge in [0.15, 0.2) is 0 Å². The molecule has 9 nitrogen and oxygen atoms in total. The van der Waals surface area contributed by atoms with Crippen LogP contribution in [-0.4, -0.2) is 41.8 Å². The van der Waals surface area contributed by atoms with E-state index in [0.29, 0.717) is 32.7 Å². The molecule has 2 aliphatic heterocycles. The van der Waals surface area contributed by atoms with Gasteiger partial charge in [-0.3, -0.25) is 23.7 Å². The van der Waals surface area contributed by atoms with Gasteiger partial charge in [-0.1, -0.05) is 47.4 Å². The van der Waals surface area contributed by atoms with Crippen LogP contribution in [0.4, 0.5) is 24.5 Å². The molecule has 1 aromatic heterocycles. The molecule has 1 N–H and O–H groups in total. The zero-order chi connectivity index (χ0) is 32.0. The molecule has 0 saturated carbocycles. The number of para-hydroxylation sites is 1. The molecule has 3 unspecified atom stereocenters. The molecule has 3 heterocycles. The second-order valence-electron chi connectivity index (χ2n) is 10.2. The minimum Gasteiger partial charge on any atom is -0.497 e. The van der Waals surface area contributed by atoms with Crippen LogP contribution in [0.15, 0.2) is 82.6 Å². The first kappa shape index (κ1) is 30.5. The monoisotopic (exact) mass is 655 g/mol. The van der Waals surface area contributed by atoms with Crippen molar-refractivity contribution < 1.29 is 37.0 Å². The molecule has 3 aromatic carbocycles. The molecule has 2 aliphatic rings. The van der Waals surface area contributed by atoms with Crippen molar-refractivity contribution in [3.8, 4) is 11.5 Å². The molecule has 45 heavy (non-hydrogen) atoms. The number of alkyl halides is 3. The number of carbonyl (C=O) groups excluding carboxylic acids is 3. The number of imide groups is 1. The third-order valence-electron chi connectivity index (χ3n) is 7.63. The zero-order valence-electron chi connectivity index (χ0n) is 23.7. The summed E-state index contributed by atoms with van der Waals surface area (Å²) in [5, 5.41) is 1.98. The maximum atomic E-state index is 14.0. The number of aromatic nitrogens is 1. The molecule has 6 rings (SSSR count). The Morgan fingerprint density at radius 3 is 2.36 bits per heavy atom. The van der Waals surface area contributed by atoms with Gasteiger partial charge < -0.3 is 14.8 Å². The largest absolute Gasteiger partial charge is 0.497 e. The van der Waals surface area contributed by atoms with Crippen LogP contribution < -0.4 is 24.6 Å². The van der Waals surface area contributed by atoms with Crippen LogP contribution in [0.2, 0.25) is 0 Å². The minimum absolute atomic E-state index is 0.201. The van der Waals surface area contributed by atoms with Crippen molar-refractivity contribution in [2.45, 2.75) is 28.9 Å². The number of ether oxygens (including phenoxy) is 2. The number of anilines is 2. The highest BCUT2D eigenvalue weighted by molar-refractivity contribution is 8.00. The predicted octanol–water partition coefficient (Wildman–Crippen LogP) is 5.38. The van der Waals surface area contributed by atoms with Crippen LogP contribution in [0, 0.1) is 5.92 Å². The number of nitrogens with one attached hydrogen (secondary N) is 1. The van der Waals surface area contributed by atoms with Crippen LogP contribution in [0.25, 0.3) is 0 Å². The summed E-state index contributed by atoms with van der Waals surface area (Å²) >= 11 is 1.81. The number of benzene rings is 3. The van der Waals surface area contributed by atoms with E-state index in [4.69, 9.17) is 9.47 Å². The fourth-order valence-corrected chi connectivity index (χ4v) is 8.37. The van der Waals surface area contributed by atoms with Crippen LogP contribution in [0.5, 0.6) is 11.5 Å². The third-order valence-corrected chi connectivity index (χ3v) is 10.2. The van der Waals surface area contributed by atoms with Crippen LogP contribution in [0.1, 0.15) is 21.9 Å². The number of amides is 3. The lowest BCUT2D eigenvalue weighted by Crippen LogP contribution is -2.33. The third kappa shape index (κ3) is 5.48. The number of halogens is 3. The van der Waals surface area contributed by atoms with Gasteiger partial charge in [-0.25, -0.2) is 4.90 Å². The summed E-state index contributed by atoms with van der Waals surface area (Å²) < 4.78 is 52.6.